The maximum absolute atomic E-state index is 12.4. The molecule has 2 aromatic rings. The molecule has 1 unspecified atom stereocenters. The molecule has 1 fully saturated rings. The van der Waals surface area contributed by atoms with Crippen LogP contribution in [0, 0.1) is 0 Å². The first kappa shape index (κ1) is 17.8. The second kappa shape index (κ2) is 9.49. The molecular weight excluding hydrogens is 334 g/mol. The van der Waals surface area contributed by atoms with Crippen molar-refractivity contribution in [3.63, 3.8) is 0 Å². The summed E-state index contributed by atoms with van der Waals surface area (Å²) in [5.74, 6) is 1.34. The van der Waals surface area contributed by atoms with Crippen molar-refractivity contribution < 1.29 is 14.3 Å². The second-order valence-electron chi connectivity index (χ2n) is 5.86. The van der Waals surface area contributed by atoms with E-state index in [9.17, 15) is 4.79 Å². The van der Waals surface area contributed by atoms with Crippen molar-refractivity contribution in [2.45, 2.75) is 23.8 Å². The zero-order chi connectivity index (χ0) is 17.3. The van der Waals surface area contributed by atoms with Gasteiger partial charge in [0.05, 0.1) is 11.7 Å². The van der Waals surface area contributed by atoms with Crippen molar-refractivity contribution in [2.75, 3.05) is 25.5 Å². The van der Waals surface area contributed by atoms with Crippen LogP contribution in [0.25, 0.3) is 0 Å². The topological polar surface area (TPSA) is 47.6 Å². The van der Waals surface area contributed by atoms with E-state index in [0.29, 0.717) is 24.5 Å². The molecule has 1 amide bonds. The number of rotatable bonds is 8. The highest BCUT2D eigenvalue weighted by molar-refractivity contribution is 7.99. The van der Waals surface area contributed by atoms with Gasteiger partial charge in [-0.25, -0.2) is 0 Å². The molecule has 0 aliphatic carbocycles. The maximum Gasteiger partial charge on any atom is 0.255 e. The van der Waals surface area contributed by atoms with Crippen LogP contribution in [0.4, 0.5) is 0 Å². The van der Waals surface area contributed by atoms with Gasteiger partial charge in [-0.3, -0.25) is 4.79 Å². The van der Waals surface area contributed by atoms with Gasteiger partial charge in [-0.2, -0.15) is 0 Å². The normalized spacial score (nSPS) is 16.6. The predicted molar refractivity (Wildman–Crippen MR) is 100 cm³/mol. The molecule has 25 heavy (non-hydrogen) atoms. The van der Waals surface area contributed by atoms with Gasteiger partial charge in [0.2, 0.25) is 0 Å². The molecule has 132 valence electrons. The van der Waals surface area contributed by atoms with Crippen molar-refractivity contribution in [1.82, 2.24) is 5.32 Å². The molecule has 0 aromatic heterocycles. The van der Waals surface area contributed by atoms with E-state index in [0.717, 1.165) is 25.2 Å². The van der Waals surface area contributed by atoms with Crippen LogP contribution in [-0.4, -0.2) is 37.5 Å². The highest BCUT2D eigenvalue weighted by atomic mass is 32.2. The number of carbonyl (C=O) groups excluding carboxylic acids is 1. The van der Waals surface area contributed by atoms with Gasteiger partial charge < -0.3 is 14.8 Å². The van der Waals surface area contributed by atoms with Crippen LogP contribution < -0.4 is 10.1 Å². The summed E-state index contributed by atoms with van der Waals surface area (Å²) in [6.07, 6.45) is 2.23. The molecular formula is C20H23NO3S. The summed E-state index contributed by atoms with van der Waals surface area (Å²) < 4.78 is 11.4. The minimum Gasteiger partial charge on any atom is -0.490 e. The summed E-state index contributed by atoms with van der Waals surface area (Å²) in [6.45, 7) is 1.90. The van der Waals surface area contributed by atoms with Crippen molar-refractivity contribution in [2.24, 2.45) is 0 Å². The minimum absolute atomic E-state index is 0.100. The standard InChI is InChI=1S/C20H23NO3S/c22-20(21-12-14-25-17-8-2-1-3-9-17)18-10-4-5-11-19(18)24-15-16-7-6-13-23-16/h1-5,8-11,16H,6-7,12-15H2,(H,21,22). The van der Waals surface area contributed by atoms with Crippen LogP contribution in [0.2, 0.25) is 0 Å². The Hall–Kier alpha value is -1.98. The molecule has 0 spiro atoms. The number of amides is 1. The van der Waals surface area contributed by atoms with Crippen LogP contribution in [0.15, 0.2) is 59.5 Å². The molecule has 5 heteroatoms. The first-order valence-corrected chi connectivity index (χ1v) is 9.61. The number of hydrogen-bond acceptors (Lipinski definition) is 4. The van der Waals surface area contributed by atoms with Gasteiger partial charge >= 0.3 is 0 Å². The van der Waals surface area contributed by atoms with E-state index >= 15 is 0 Å². The fourth-order valence-corrected chi connectivity index (χ4v) is 3.47. The Labute approximate surface area is 152 Å². The number of hydrogen-bond donors (Lipinski definition) is 1. The van der Waals surface area contributed by atoms with Crippen LogP contribution in [0.1, 0.15) is 23.2 Å². The number of benzene rings is 2. The summed E-state index contributed by atoms with van der Waals surface area (Å²) in [7, 11) is 0. The minimum atomic E-state index is -0.100. The molecule has 1 aliphatic heterocycles. The van der Waals surface area contributed by atoms with Gasteiger partial charge in [0, 0.05) is 23.8 Å². The molecule has 0 bridgehead atoms. The lowest BCUT2D eigenvalue weighted by molar-refractivity contribution is 0.0671. The third kappa shape index (κ3) is 5.51. The van der Waals surface area contributed by atoms with Crippen molar-refractivity contribution >= 4 is 17.7 Å². The van der Waals surface area contributed by atoms with E-state index in [2.05, 4.69) is 17.4 Å². The largest absolute Gasteiger partial charge is 0.490 e. The van der Waals surface area contributed by atoms with Gasteiger partial charge in [-0.15, -0.1) is 11.8 Å². The van der Waals surface area contributed by atoms with E-state index in [1.807, 2.05) is 36.4 Å². The van der Waals surface area contributed by atoms with Gasteiger partial charge in [-0.1, -0.05) is 30.3 Å². The van der Waals surface area contributed by atoms with Gasteiger partial charge in [-0.05, 0) is 37.1 Å². The number of para-hydroxylation sites is 1. The lowest BCUT2D eigenvalue weighted by atomic mass is 10.2. The van der Waals surface area contributed by atoms with Crippen LogP contribution in [-0.2, 0) is 4.74 Å². The lowest BCUT2D eigenvalue weighted by Gasteiger charge is -2.14. The third-order valence-corrected chi connectivity index (χ3v) is 4.99. The quantitative estimate of drug-likeness (QED) is 0.577. The summed E-state index contributed by atoms with van der Waals surface area (Å²) >= 11 is 1.73. The first-order chi connectivity index (χ1) is 12.3. The van der Waals surface area contributed by atoms with Gasteiger partial charge in [0.15, 0.2) is 0 Å². The smallest absolute Gasteiger partial charge is 0.255 e. The SMILES string of the molecule is O=C(NCCSc1ccccc1)c1ccccc1OCC1CCCO1. The lowest BCUT2D eigenvalue weighted by Crippen LogP contribution is -2.26. The number of nitrogens with one attached hydrogen (secondary N) is 1. The molecule has 2 aromatic carbocycles. The molecule has 1 heterocycles. The summed E-state index contributed by atoms with van der Waals surface area (Å²) in [5.41, 5.74) is 0.574. The maximum atomic E-state index is 12.4. The van der Waals surface area contributed by atoms with Crippen LogP contribution in [0.3, 0.4) is 0 Å². The highest BCUT2D eigenvalue weighted by Gasteiger charge is 2.18. The Balaban J connectivity index is 1.47. The first-order valence-electron chi connectivity index (χ1n) is 8.62. The average Bonchev–Trinajstić information content (AvgIpc) is 3.18. The summed E-state index contributed by atoms with van der Waals surface area (Å²) in [4.78, 5) is 13.6. The van der Waals surface area contributed by atoms with Crippen molar-refractivity contribution in [1.29, 1.82) is 0 Å². The van der Waals surface area contributed by atoms with E-state index in [1.165, 1.54) is 4.90 Å². The van der Waals surface area contributed by atoms with Crippen LogP contribution >= 0.6 is 11.8 Å². The van der Waals surface area contributed by atoms with Gasteiger partial charge in [0.1, 0.15) is 12.4 Å². The molecule has 4 nitrogen and oxygen atoms in total. The Morgan fingerprint density at radius 1 is 1.16 bits per heavy atom. The predicted octanol–water partition coefficient (Wildman–Crippen LogP) is 3.77. The average molecular weight is 357 g/mol. The summed E-state index contributed by atoms with van der Waals surface area (Å²) in [5, 5.41) is 2.97. The molecule has 0 radical (unpaired) electrons. The molecule has 1 aliphatic rings. The monoisotopic (exact) mass is 357 g/mol. The molecule has 1 saturated heterocycles. The van der Waals surface area contributed by atoms with Crippen molar-refractivity contribution in [3.05, 3.63) is 60.2 Å². The fraction of sp³-hybridized carbons (Fsp3) is 0.350. The fourth-order valence-electron chi connectivity index (χ4n) is 2.68. The van der Waals surface area contributed by atoms with Gasteiger partial charge in [0.25, 0.3) is 5.91 Å². The second-order valence-corrected chi connectivity index (χ2v) is 7.03. The van der Waals surface area contributed by atoms with E-state index in [4.69, 9.17) is 9.47 Å². The summed E-state index contributed by atoms with van der Waals surface area (Å²) in [6, 6.07) is 17.5. The number of carbonyl (C=O) groups is 1. The van der Waals surface area contributed by atoms with E-state index in [1.54, 1.807) is 17.8 Å². The zero-order valence-corrected chi connectivity index (χ0v) is 15.0. The molecule has 3 rings (SSSR count). The Bertz CT molecular complexity index is 672. The van der Waals surface area contributed by atoms with Crippen LogP contribution in [0.5, 0.6) is 5.75 Å². The number of ether oxygens (including phenoxy) is 2. The Morgan fingerprint density at radius 3 is 2.76 bits per heavy atom. The van der Waals surface area contributed by atoms with Crippen molar-refractivity contribution in [3.8, 4) is 5.75 Å². The molecule has 1 N–H and O–H groups in total. The molecule has 0 saturated carbocycles. The Morgan fingerprint density at radius 2 is 1.96 bits per heavy atom. The highest BCUT2D eigenvalue weighted by Crippen LogP contribution is 2.21. The zero-order valence-electron chi connectivity index (χ0n) is 14.1. The van der Waals surface area contributed by atoms with E-state index < -0.39 is 0 Å². The van der Waals surface area contributed by atoms with E-state index in [-0.39, 0.29) is 12.0 Å². The molecule has 1 atom stereocenters. The third-order valence-electron chi connectivity index (χ3n) is 3.98. The Kier molecular flexibility index (Phi) is 6.77. The number of thioether (sulfide) groups is 1.